The van der Waals surface area contributed by atoms with Crippen LogP contribution in [0.4, 0.5) is 5.13 Å². The summed E-state index contributed by atoms with van der Waals surface area (Å²) in [6, 6.07) is 15.5. The van der Waals surface area contributed by atoms with Crippen molar-refractivity contribution < 1.29 is 4.79 Å². The van der Waals surface area contributed by atoms with Gasteiger partial charge in [0, 0.05) is 4.47 Å². The maximum absolute atomic E-state index is 11.9. The number of benzene rings is 2. The van der Waals surface area contributed by atoms with Gasteiger partial charge in [0.1, 0.15) is 6.54 Å². The molecule has 2 N–H and O–H groups in total. The number of hydrogen-bond acceptors (Lipinski definition) is 5. The summed E-state index contributed by atoms with van der Waals surface area (Å²) >= 11 is 4.82. The molecule has 1 heterocycles. The highest BCUT2D eigenvalue weighted by molar-refractivity contribution is 9.10. The number of fused-ring (bicyclic) bond motifs is 1. The van der Waals surface area contributed by atoms with E-state index >= 15 is 0 Å². The topological polar surface area (TPSA) is 66.4 Å². The first-order chi connectivity index (χ1) is 11.2. The molecule has 0 saturated carbocycles. The van der Waals surface area contributed by atoms with Gasteiger partial charge in [-0.25, -0.2) is 4.98 Å². The molecule has 116 valence electrons. The number of nitrogens with one attached hydrogen (secondary N) is 2. The van der Waals surface area contributed by atoms with Crippen LogP contribution >= 0.6 is 27.3 Å². The first-order valence-corrected chi connectivity index (χ1v) is 8.48. The molecular weight excluding hydrogens is 376 g/mol. The van der Waals surface area contributed by atoms with Gasteiger partial charge in [-0.3, -0.25) is 4.79 Å². The van der Waals surface area contributed by atoms with Gasteiger partial charge in [0.15, 0.2) is 5.13 Å². The van der Waals surface area contributed by atoms with Crippen LogP contribution in [0.3, 0.4) is 0 Å². The zero-order valence-corrected chi connectivity index (χ0v) is 14.4. The third-order valence-corrected chi connectivity index (χ3v) is 4.44. The molecule has 5 nitrogen and oxygen atoms in total. The molecule has 0 atom stereocenters. The lowest BCUT2D eigenvalue weighted by Gasteiger charge is -2.00. The van der Waals surface area contributed by atoms with Crippen LogP contribution in [-0.4, -0.2) is 23.7 Å². The van der Waals surface area contributed by atoms with Crippen LogP contribution in [0, 0.1) is 0 Å². The predicted octanol–water partition coefficient (Wildman–Crippen LogP) is 3.62. The molecule has 0 bridgehead atoms. The molecule has 0 fully saturated rings. The molecule has 3 rings (SSSR count). The van der Waals surface area contributed by atoms with E-state index in [0.717, 1.165) is 20.3 Å². The Morgan fingerprint density at radius 3 is 2.78 bits per heavy atom. The zero-order chi connectivity index (χ0) is 16.1. The van der Waals surface area contributed by atoms with Crippen molar-refractivity contribution in [1.82, 2.24) is 10.4 Å². The van der Waals surface area contributed by atoms with Gasteiger partial charge in [0.25, 0.3) is 0 Å². The fourth-order valence-corrected chi connectivity index (χ4v) is 3.02. The molecule has 0 unspecified atom stereocenters. The van der Waals surface area contributed by atoms with Gasteiger partial charge in [-0.05, 0) is 29.8 Å². The molecule has 0 aliphatic carbocycles. The third kappa shape index (κ3) is 4.37. The van der Waals surface area contributed by atoms with E-state index in [0.29, 0.717) is 5.13 Å². The molecule has 1 aromatic heterocycles. The van der Waals surface area contributed by atoms with Gasteiger partial charge >= 0.3 is 0 Å². The summed E-state index contributed by atoms with van der Waals surface area (Å²) in [5.41, 5.74) is 4.56. The Morgan fingerprint density at radius 2 is 2.00 bits per heavy atom. The van der Waals surface area contributed by atoms with Gasteiger partial charge in [-0.1, -0.05) is 51.5 Å². The fraction of sp³-hybridized carbons (Fsp3) is 0.0625. The Balaban J connectivity index is 1.50. The zero-order valence-electron chi connectivity index (χ0n) is 12.0. The molecule has 7 heteroatoms. The number of thiazole rings is 1. The van der Waals surface area contributed by atoms with Crippen molar-refractivity contribution in [3.05, 3.63) is 58.6 Å². The normalized spacial score (nSPS) is 11.0. The maximum Gasteiger partial charge on any atom is 0.247 e. The number of carbonyl (C=O) groups excluding carboxylic acids is 1. The molecule has 23 heavy (non-hydrogen) atoms. The van der Waals surface area contributed by atoms with Crippen LogP contribution in [0.1, 0.15) is 5.56 Å². The Kier molecular flexibility index (Phi) is 4.99. The van der Waals surface area contributed by atoms with Crippen molar-refractivity contribution in [1.29, 1.82) is 0 Å². The van der Waals surface area contributed by atoms with Gasteiger partial charge in [-0.15, -0.1) is 0 Å². The van der Waals surface area contributed by atoms with Gasteiger partial charge in [0.2, 0.25) is 5.91 Å². The second-order valence-corrected chi connectivity index (χ2v) is 6.63. The summed E-state index contributed by atoms with van der Waals surface area (Å²) in [4.78, 5) is 16.2. The van der Waals surface area contributed by atoms with Crippen molar-refractivity contribution >= 4 is 54.7 Å². The van der Waals surface area contributed by atoms with E-state index in [9.17, 15) is 4.79 Å². The minimum Gasteiger partial charge on any atom is -0.301 e. The Labute approximate surface area is 145 Å². The van der Waals surface area contributed by atoms with Crippen LogP contribution in [-0.2, 0) is 4.79 Å². The van der Waals surface area contributed by atoms with Crippen molar-refractivity contribution in [2.45, 2.75) is 0 Å². The molecule has 1 amide bonds. The van der Waals surface area contributed by atoms with Gasteiger partial charge in [-0.2, -0.15) is 5.10 Å². The number of anilines is 1. The van der Waals surface area contributed by atoms with Crippen LogP contribution in [0.2, 0.25) is 0 Å². The highest BCUT2D eigenvalue weighted by Gasteiger charge is 2.06. The standard InChI is InChI=1S/C16H13BrN4OS/c17-12-7-5-11(6-8-12)9-18-19-10-15(22)21-16-20-13-3-1-2-4-14(13)23-16/h1-9,19H,10H2,(H,20,21,22)/b18-9+. The third-order valence-electron chi connectivity index (χ3n) is 2.95. The van der Waals surface area contributed by atoms with E-state index in [1.807, 2.05) is 48.5 Å². The summed E-state index contributed by atoms with van der Waals surface area (Å²) in [6.45, 7) is 0.0863. The van der Waals surface area contributed by atoms with Crippen molar-refractivity contribution in [2.75, 3.05) is 11.9 Å². The van der Waals surface area contributed by atoms with Crippen molar-refractivity contribution in [3.63, 3.8) is 0 Å². The van der Waals surface area contributed by atoms with Crippen molar-refractivity contribution in [2.24, 2.45) is 5.10 Å². The SMILES string of the molecule is O=C(CN/N=C/c1ccc(Br)cc1)Nc1nc2ccccc2s1. The minimum atomic E-state index is -0.183. The molecule has 0 spiro atoms. The summed E-state index contributed by atoms with van der Waals surface area (Å²) in [5.74, 6) is -0.183. The molecular formula is C16H13BrN4OS. The van der Waals surface area contributed by atoms with Crippen molar-refractivity contribution in [3.8, 4) is 0 Å². The number of nitrogens with zero attached hydrogens (tertiary/aromatic N) is 2. The number of rotatable bonds is 5. The maximum atomic E-state index is 11.9. The fourth-order valence-electron chi connectivity index (χ4n) is 1.88. The molecule has 2 aromatic carbocycles. The smallest absolute Gasteiger partial charge is 0.247 e. The number of para-hydroxylation sites is 1. The second kappa shape index (κ2) is 7.34. The quantitative estimate of drug-likeness (QED) is 0.518. The molecule has 0 radical (unpaired) electrons. The van der Waals surface area contributed by atoms with E-state index in [2.05, 4.69) is 36.8 Å². The number of aromatic nitrogens is 1. The van der Waals surface area contributed by atoms with E-state index in [1.165, 1.54) is 11.3 Å². The first kappa shape index (κ1) is 15.6. The highest BCUT2D eigenvalue weighted by Crippen LogP contribution is 2.25. The van der Waals surface area contributed by atoms with Crippen LogP contribution < -0.4 is 10.7 Å². The largest absolute Gasteiger partial charge is 0.301 e. The molecule has 3 aromatic rings. The Bertz CT molecular complexity index is 812. The first-order valence-electron chi connectivity index (χ1n) is 6.87. The minimum absolute atomic E-state index is 0.0863. The summed E-state index contributed by atoms with van der Waals surface area (Å²) in [7, 11) is 0. The predicted molar refractivity (Wildman–Crippen MR) is 98.0 cm³/mol. The molecule has 0 aliphatic rings. The van der Waals surface area contributed by atoms with E-state index in [4.69, 9.17) is 0 Å². The summed E-state index contributed by atoms with van der Waals surface area (Å²) < 4.78 is 2.06. The lowest BCUT2D eigenvalue weighted by molar-refractivity contribution is -0.115. The number of amides is 1. The lowest BCUT2D eigenvalue weighted by Crippen LogP contribution is -2.24. The van der Waals surface area contributed by atoms with E-state index < -0.39 is 0 Å². The number of halogens is 1. The van der Waals surface area contributed by atoms with Gasteiger partial charge in [0.05, 0.1) is 16.4 Å². The molecule has 0 saturated heterocycles. The number of carbonyl (C=O) groups is 1. The monoisotopic (exact) mass is 388 g/mol. The Morgan fingerprint density at radius 1 is 1.22 bits per heavy atom. The van der Waals surface area contributed by atoms with Crippen LogP contribution in [0.25, 0.3) is 10.2 Å². The number of hydrogen-bond donors (Lipinski definition) is 2. The average Bonchev–Trinajstić information content (AvgIpc) is 2.95. The Hall–Kier alpha value is -2.25. The lowest BCUT2D eigenvalue weighted by atomic mass is 10.2. The van der Waals surface area contributed by atoms with E-state index in [-0.39, 0.29) is 12.5 Å². The second-order valence-electron chi connectivity index (χ2n) is 4.68. The molecule has 0 aliphatic heterocycles. The van der Waals surface area contributed by atoms with E-state index in [1.54, 1.807) is 6.21 Å². The summed E-state index contributed by atoms with van der Waals surface area (Å²) in [6.07, 6.45) is 1.66. The van der Waals surface area contributed by atoms with Gasteiger partial charge < -0.3 is 10.7 Å². The van der Waals surface area contributed by atoms with Crippen LogP contribution in [0.15, 0.2) is 58.1 Å². The van der Waals surface area contributed by atoms with Crippen LogP contribution in [0.5, 0.6) is 0 Å². The highest BCUT2D eigenvalue weighted by atomic mass is 79.9. The number of hydrazone groups is 1. The summed E-state index contributed by atoms with van der Waals surface area (Å²) in [5, 5.41) is 7.38. The average molecular weight is 389 g/mol.